The van der Waals surface area contributed by atoms with E-state index in [0.29, 0.717) is 13.0 Å². The first kappa shape index (κ1) is 17.2. The Hall–Kier alpha value is -2.12. The largest absolute Gasteiger partial charge is 0.443 e. The Kier molecular flexibility index (Phi) is 6.37. The Morgan fingerprint density at radius 1 is 1.35 bits per heavy atom. The molecule has 0 bridgehead atoms. The van der Waals surface area contributed by atoms with E-state index in [0.717, 1.165) is 23.5 Å². The number of hydroxylamine groups is 2. The highest BCUT2D eigenvalue weighted by molar-refractivity contribution is 5.83. The molecular weight excluding hydrogens is 300 g/mol. The Bertz CT molecular complexity index is 516. The summed E-state index contributed by atoms with van der Waals surface area (Å²) in [5.74, 6) is -0.683. The van der Waals surface area contributed by atoms with Gasteiger partial charge in [-0.05, 0) is 25.3 Å². The summed E-state index contributed by atoms with van der Waals surface area (Å²) in [6, 6.07) is 8.28. The van der Waals surface area contributed by atoms with Crippen LogP contribution in [-0.2, 0) is 25.7 Å². The normalized spacial score (nSPS) is 18.9. The van der Waals surface area contributed by atoms with Gasteiger partial charge in [-0.3, -0.25) is 4.79 Å². The van der Waals surface area contributed by atoms with Gasteiger partial charge >= 0.3 is 6.09 Å². The summed E-state index contributed by atoms with van der Waals surface area (Å²) in [7, 11) is 0. The summed E-state index contributed by atoms with van der Waals surface area (Å²) < 4.78 is 10.6. The highest BCUT2D eigenvalue weighted by atomic mass is 16.8. The number of nitrogens with zero attached hydrogens (tertiary/aromatic N) is 1. The van der Waals surface area contributed by atoms with Crippen LogP contribution in [0.4, 0.5) is 4.79 Å². The fourth-order valence-electron chi connectivity index (χ4n) is 2.11. The van der Waals surface area contributed by atoms with Gasteiger partial charge in [0.05, 0.1) is 0 Å². The molecule has 0 aliphatic carbocycles. The number of hydrogen-bond donors (Lipinski definition) is 1. The standard InChI is InChI=1S/C16H22N2O5/c1-12(15(17)19)18(23-14-9-5-6-10-21-14)16(20)22-11-13-7-3-2-4-8-13/h2-4,7-8,12,14H,5-6,9-11H2,1H3,(H2,17,19). The molecular formula is C16H22N2O5. The van der Waals surface area contributed by atoms with E-state index in [1.54, 1.807) is 0 Å². The zero-order valence-corrected chi connectivity index (χ0v) is 13.1. The second kappa shape index (κ2) is 8.50. The second-order valence-corrected chi connectivity index (χ2v) is 5.35. The van der Waals surface area contributed by atoms with Gasteiger partial charge < -0.3 is 15.2 Å². The molecule has 1 fully saturated rings. The Labute approximate surface area is 135 Å². The third kappa shape index (κ3) is 5.22. The molecule has 1 heterocycles. The van der Waals surface area contributed by atoms with E-state index in [2.05, 4.69) is 0 Å². The lowest BCUT2D eigenvalue weighted by Gasteiger charge is -2.31. The summed E-state index contributed by atoms with van der Waals surface area (Å²) in [5.41, 5.74) is 6.11. The number of rotatable bonds is 6. The average Bonchev–Trinajstić information content (AvgIpc) is 2.58. The highest BCUT2D eigenvalue weighted by Gasteiger charge is 2.30. The molecule has 2 atom stereocenters. The number of ether oxygens (including phenoxy) is 2. The van der Waals surface area contributed by atoms with Crippen LogP contribution in [0.1, 0.15) is 31.7 Å². The highest BCUT2D eigenvalue weighted by Crippen LogP contribution is 2.17. The number of hydrogen-bond acceptors (Lipinski definition) is 5. The number of carbonyl (C=O) groups excluding carboxylic acids is 2. The molecule has 2 rings (SSSR count). The molecule has 1 aromatic rings. The molecule has 0 saturated carbocycles. The summed E-state index contributed by atoms with van der Waals surface area (Å²) in [6.45, 7) is 2.12. The quantitative estimate of drug-likeness (QED) is 0.808. The van der Waals surface area contributed by atoms with Crippen molar-refractivity contribution in [3.63, 3.8) is 0 Å². The van der Waals surface area contributed by atoms with E-state index in [1.807, 2.05) is 30.3 Å². The Morgan fingerprint density at radius 3 is 2.70 bits per heavy atom. The Morgan fingerprint density at radius 2 is 2.09 bits per heavy atom. The lowest BCUT2D eigenvalue weighted by molar-refractivity contribution is -0.281. The van der Waals surface area contributed by atoms with Crippen molar-refractivity contribution in [2.75, 3.05) is 6.61 Å². The number of benzene rings is 1. The van der Waals surface area contributed by atoms with Gasteiger partial charge in [-0.2, -0.15) is 5.06 Å². The van der Waals surface area contributed by atoms with E-state index >= 15 is 0 Å². The van der Waals surface area contributed by atoms with Crippen molar-refractivity contribution in [1.29, 1.82) is 0 Å². The van der Waals surface area contributed by atoms with Crippen LogP contribution in [0.3, 0.4) is 0 Å². The monoisotopic (exact) mass is 322 g/mol. The topological polar surface area (TPSA) is 91.1 Å². The van der Waals surface area contributed by atoms with Crippen LogP contribution in [0.2, 0.25) is 0 Å². The van der Waals surface area contributed by atoms with Gasteiger partial charge in [-0.1, -0.05) is 30.3 Å². The van der Waals surface area contributed by atoms with Crippen molar-refractivity contribution in [2.24, 2.45) is 5.73 Å². The smallest absolute Gasteiger partial charge is 0.435 e. The van der Waals surface area contributed by atoms with Gasteiger partial charge in [0.1, 0.15) is 12.6 Å². The minimum absolute atomic E-state index is 0.0799. The second-order valence-electron chi connectivity index (χ2n) is 5.35. The maximum absolute atomic E-state index is 12.3. The van der Waals surface area contributed by atoms with E-state index in [4.69, 9.17) is 20.0 Å². The van der Waals surface area contributed by atoms with Gasteiger partial charge in [0.2, 0.25) is 5.91 Å². The maximum atomic E-state index is 12.3. The first-order chi connectivity index (χ1) is 11.1. The van der Waals surface area contributed by atoms with Crippen LogP contribution in [-0.4, -0.2) is 36.0 Å². The predicted octanol–water partition coefficient (Wildman–Crippen LogP) is 1.96. The molecule has 2 amide bonds. The van der Waals surface area contributed by atoms with Crippen molar-refractivity contribution in [2.45, 2.75) is 45.1 Å². The molecule has 0 radical (unpaired) electrons. The predicted molar refractivity (Wildman–Crippen MR) is 81.8 cm³/mol. The fraction of sp³-hybridized carbons (Fsp3) is 0.500. The maximum Gasteiger partial charge on any atom is 0.435 e. The number of primary amides is 1. The minimum atomic E-state index is -0.955. The third-order valence-corrected chi connectivity index (χ3v) is 3.52. The van der Waals surface area contributed by atoms with Crippen LogP contribution < -0.4 is 5.73 Å². The van der Waals surface area contributed by atoms with Crippen molar-refractivity contribution in [1.82, 2.24) is 5.06 Å². The van der Waals surface area contributed by atoms with Gasteiger partial charge in [0.15, 0.2) is 6.29 Å². The van der Waals surface area contributed by atoms with Gasteiger partial charge in [-0.25, -0.2) is 9.63 Å². The zero-order chi connectivity index (χ0) is 16.7. The van der Waals surface area contributed by atoms with E-state index in [9.17, 15) is 9.59 Å². The van der Waals surface area contributed by atoms with Crippen molar-refractivity contribution < 1.29 is 23.9 Å². The molecule has 1 aliphatic heterocycles. The average molecular weight is 322 g/mol. The van der Waals surface area contributed by atoms with Crippen LogP contribution in [0.25, 0.3) is 0 Å². The molecule has 1 saturated heterocycles. The minimum Gasteiger partial charge on any atom is -0.443 e. The molecule has 7 nitrogen and oxygen atoms in total. The molecule has 126 valence electrons. The molecule has 23 heavy (non-hydrogen) atoms. The van der Waals surface area contributed by atoms with E-state index < -0.39 is 24.3 Å². The molecule has 0 aromatic heterocycles. The first-order valence-corrected chi connectivity index (χ1v) is 7.65. The molecule has 1 aromatic carbocycles. The van der Waals surface area contributed by atoms with Crippen molar-refractivity contribution in [3.05, 3.63) is 35.9 Å². The van der Waals surface area contributed by atoms with Crippen molar-refractivity contribution >= 4 is 12.0 Å². The number of amides is 2. The lowest BCUT2D eigenvalue weighted by atomic mass is 10.2. The van der Waals surface area contributed by atoms with Crippen LogP contribution in [0.15, 0.2) is 30.3 Å². The van der Waals surface area contributed by atoms with Gasteiger partial charge in [0.25, 0.3) is 0 Å². The number of nitrogens with two attached hydrogens (primary N) is 1. The first-order valence-electron chi connectivity index (χ1n) is 7.65. The summed E-state index contributed by atoms with van der Waals surface area (Å²) in [6.07, 6.45) is 1.18. The SMILES string of the molecule is CC(C(N)=O)N(OC1CCCCO1)C(=O)OCc1ccccc1. The summed E-state index contributed by atoms with van der Waals surface area (Å²) >= 11 is 0. The van der Waals surface area contributed by atoms with Crippen LogP contribution >= 0.6 is 0 Å². The van der Waals surface area contributed by atoms with Gasteiger partial charge in [0, 0.05) is 13.0 Å². The molecule has 7 heteroatoms. The Balaban J connectivity index is 1.97. The van der Waals surface area contributed by atoms with Gasteiger partial charge in [-0.15, -0.1) is 0 Å². The van der Waals surface area contributed by atoms with E-state index in [-0.39, 0.29) is 6.61 Å². The molecule has 2 N–H and O–H groups in total. The zero-order valence-electron chi connectivity index (χ0n) is 13.1. The molecule has 1 aliphatic rings. The lowest BCUT2D eigenvalue weighted by Crippen LogP contribution is -2.48. The number of carbonyl (C=O) groups is 2. The third-order valence-electron chi connectivity index (χ3n) is 3.52. The summed E-state index contributed by atoms with van der Waals surface area (Å²) in [4.78, 5) is 29.2. The van der Waals surface area contributed by atoms with Crippen molar-refractivity contribution in [3.8, 4) is 0 Å². The molecule has 0 spiro atoms. The van der Waals surface area contributed by atoms with E-state index in [1.165, 1.54) is 6.92 Å². The molecule has 2 unspecified atom stereocenters. The van der Waals surface area contributed by atoms with Crippen LogP contribution in [0, 0.1) is 0 Å². The fourth-order valence-corrected chi connectivity index (χ4v) is 2.11. The summed E-state index contributed by atoms with van der Waals surface area (Å²) in [5, 5.41) is 0.862. The van der Waals surface area contributed by atoms with Crippen LogP contribution in [0.5, 0.6) is 0 Å².